The van der Waals surface area contributed by atoms with Gasteiger partial charge in [0, 0.05) is 52.0 Å². The minimum absolute atomic E-state index is 0.00226. The Morgan fingerprint density at radius 2 is 1.78 bits per heavy atom. The number of rotatable bonds is 7. The highest BCUT2D eigenvalue weighted by atomic mass is 16.5. The van der Waals surface area contributed by atoms with E-state index in [2.05, 4.69) is 69.7 Å². The van der Waals surface area contributed by atoms with Crippen LogP contribution in [0.5, 0.6) is 0 Å². The van der Waals surface area contributed by atoms with E-state index in [1.807, 2.05) is 7.05 Å². The lowest BCUT2D eigenvalue weighted by molar-refractivity contribution is 0.122. The maximum Gasteiger partial charge on any atom is 0.317 e. The summed E-state index contributed by atoms with van der Waals surface area (Å²) in [6, 6.07) is 19.2. The Hall–Kier alpha value is -2.57. The Balaban J connectivity index is 1.20. The summed E-state index contributed by atoms with van der Waals surface area (Å²) in [6.07, 6.45) is 2.37. The van der Waals surface area contributed by atoms with Gasteiger partial charge in [0.05, 0.1) is 13.2 Å². The van der Waals surface area contributed by atoms with E-state index in [9.17, 15) is 4.79 Å². The van der Waals surface area contributed by atoms with Crippen LogP contribution < -0.4 is 10.2 Å². The fraction of sp³-hybridized carbons (Fsp3) is 0.500. The molecule has 6 nitrogen and oxygen atoms in total. The van der Waals surface area contributed by atoms with E-state index in [-0.39, 0.29) is 6.03 Å². The molecule has 2 aliphatic rings. The second-order valence-electron chi connectivity index (χ2n) is 9.04. The molecule has 2 amide bonds. The number of carbonyl (C=O) groups is 1. The van der Waals surface area contributed by atoms with Gasteiger partial charge in [0.2, 0.25) is 0 Å². The number of hydrogen-bond donors (Lipinski definition) is 1. The molecule has 0 saturated carbocycles. The number of ether oxygens (including phenoxy) is 1. The first kappa shape index (κ1) is 22.6. The highest BCUT2D eigenvalue weighted by molar-refractivity contribution is 5.73. The summed E-state index contributed by atoms with van der Waals surface area (Å²) in [5.41, 5.74) is 3.73. The molecule has 2 saturated heterocycles. The van der Waals surface area contributed by atoms with E-state index in [1.165, 1.54) is 24.1 Å². The van der Waals surface area contributed by atoms with Gasteiger partial charge < -0.3 is 19.9 Å². The molecule has 1 unspecified atom stereocenters. The molecule has 0 aliphatic carbocycles. The molecule has 2 aromatic rings. The van der Waals surface area contributed by atoms with Crippen LogP contribution in [0, 0.1) is 5.92 Å². The van der Waals surface area contributed by atoms with Crippen molar-refractivity contribution >= 4 is 11.7 Å². The maximum atomic E-state index is 12.7. The molecular weight excluding hydrogens is 400 g/mol. The van der Waals surface area contributed by atoms with Gasteiger partial charge in [-0.1, -0.05) is 42.5 Å². The molecule has 0 bridgehead atoms. The van der Waals surface area contributed by atoms with Crippen LogP contribution >= 0.6 is 0 Å². The van der Waals surface area contributed by atoms with E-state index >= 15 is 0 Å². The largest absolute Gasteiger partial charge is 0.378 e. The quantitative estimate of drug-likeness (QED) is 0.721. The normalized spacial score (nSPS) is 19.5. The summed E-state index contributed by atoms with van der Waals surface area (Å²) in [4.78, 5) is 19.3. The van der Waals surface area contributed by atoms with Gasteiger partial charge in [-0.15, -0.1) is 0 Å². The van der Waals surface area contributed by atoms with Gasteiger partial charge in [-0.2, -0.15) is 0 Å². The van der Waals surface area contributed by atoms with Gasteiger partial charge in [-0.25, -0.2) is 4.79 Å². The Morgan fingerprint density at radius 3 is 2.53 bits per heavy atom. The molecule has 1 N–H and O–H groups in total. The molecular formula is C26H36N4O2. The van der Waals surface area contributed by atoms with Crippen molar-refractivity contribution in [3.63, 3.8) is 0 Å². The first-order chi connectivity index (χ1) is 15.7. The number of amides is 2. The van der Waals surface area contributed by atoms with Gasteiger partial charge >= 0.3 is 6.03 Å². The van der Waals surface area contributed by atoms with Crippen LogP contribution in [-0.2, 0) is 17.8 Å². The Kier molecular flexibility index (Phi) is 8.02. The van der Waals surface area contributed by atoms with Crippen molar-refractivity contribution in [3.05, 3.63) is 65.7 Å². The summed E-state index contributed by atoms with van der Waals surface area (Å²) >= 11 is 0. The summed E-state index contributed by atoms with van der Waals surface area (Å²) in [7, 11) is 1.87. The van der Waals surface area contributed by atoms with Crippen LogP contribution in [0.2, 0.25) is 0 Å². The van der Waals surface area contributed by atoms with Gasteiger partial charge in [0.15, 0.2) is 0 Å². The second-order valence-corrected chi connectivity index (χ2v) is 9.04. The predicted octanol–water partition coefficient (Wildman–Crippen LogP) is 3.58. The summed E-state index contributed by atoms with van der Waals surface area (Å²) in [6.45, 7) is 7.97. The van der Waals surface area contributed by atoms with Gasteiger partial charge in [0.25, 0.3) is 0 Å². The van der Waals surface area contributed by atoms with Crippen molar-refractivity contribution in [2.24, 2.45) is 5.92 Å². The molecule has 0 aromatic heterocycles. The molecule has 32 heavy (non-hydrogen) atoms. The molecule has 4 rings (SSSR count). The van der Waals surface area contributed by atoms with Crippen molar-refractivity contribution in [1.29, 1.82) is 0 Å². The number of anilines is 1. The molecule has 0 spiro atoms. The predicted molar refractivity (Wildman–Crippen MR) is 129 cm³/mol. The molecule has 172 valence electrons. The lowest BCUT2D eigenvalue weighted by Crippen LogP contribution is -2.43. The van der Waals surface area contributed by atoms with Crippen LogP contribution in [-0.4, -0.2) is 68.8 Å². The van der Waals surface area contributed by atoms with Crippen molar-refractivity contribution in [2.75, 3.05) is 57.9 Å². The molecule has 1 atom stereocenters. The minimum atomic E-state index is 0.00226. The lowest BCUT2D eigenvalue weighted by atomic mass is 9.97. The van der Waals surface area contributed by atoms with Crippen molar-refractivity contribution in [1.82, 2.24) is 15.1 Å². The zero-order valence-corrected chi connectivity index (χ0v) is 19.2. The number of carbonyl (C=O) groups excluding carboxylic acids is 1. The number of nitrogens with one attached hydrogen (secondary N) is 1. The molecule has 6 heteroatoms. The zero-order valence-electron chi connectivity index (χ0n) is 19.2. The highest BCUT2D eigenvalue weighted by Gasteiger charge is 2.21. The van der Waals surface area contributed by atoms with Crippen LogP contribution in [0.15, 0.2) is 54.6 Å². The molecule has 2 fully saturated rings. The number of benzene rings is 2. The minimum Gasteiger partial charge on any atom is -0.378 e. The monoisotopic (exact) mass is 436 g/mol. The van der Waals surface area contributed by atoms with E-state index in [1.54, 1.807) is 4.90 Å². The third-order valence-electron chi connectivity index (χ3n) is 6.47. The Bertz CT molecular complexity index is 837. The summed E-state index contributed by atoms with van der Waals surface area (Å²) in [5, 5.41) is 3.16. The molecule has 0 radical (unpaired) electrons. The average molecular weight is 437 g/mol. The van der Waals surface area contributed by atoms with E-state index in [4.69, 9.17) is 4.74 Å². The second kappa shape index (κ2) is 11.3. The summed E-state index contributed by atoms with van der Waals surface area (Å²) in [5.74, 6) is 0.512. The van der Waals surface area contributed by atoms with Crippen molar-refractivity contribution in [3.8, 4) is 0 Å². The lowest BCUT2D eigenvalue weighted by Gasteiger charge is -2.33. The Morgan fingerprint density at radius 1 is 1.03 bits per heavy atom. The highest BCUT2D eigenvalue weighted by Crippen LogP contribution is 2.19. The van der Waals surface area contributed by atoms with Crippen LogP contribution in [0.3, 0.4) is 0 Å². The molecule has 2 heterocycles. The average Bonchev–Trinajstić information content (AvgIpc) is 2.84. The van der Waals surface area contributed by atoms with Crippen LogP contribution in [0.25, 0.3) is 0 Å². The van der Waals surface area contributed by atoms with E-state index in [0.29, 0.717) is 12.5 Å². The SMILES string of the molecule is CN(Cc1ccc(N2CCOCC2)cc1)C(=O)NCC1CCCN(Cc2ccccc2)C1. The molecule has 2 aliphatic heterocycles. The maximum absolute atomic E-state index is 12.7. The Labute approximate surface area is 192 Å². The number of hydrogen-bond acceptors (Lipinski definition) is 4. The standard InChI is InChI=1S/C26H36N4O2/c1-28(19-23-9-11-25(12-10-23)30-14-16-32-17-15-30)26(31)27-18-24-8-5-13-29(21-24)20-22-6-3-2-4-7-22/h2-4,6-7,9-12,24H,5,8,13-21H2,1H3,(H,27,31). The number of morpholine rings is 1. The third kappa shape index (κ3) is 6.47. The first-order valence-corrected chi connectivity index (χ1v) is 11.8. The van der Waals surface area contributed by atoms with E-state index in [0.717, 1.165) is 58.0 Å². The molecule has 2 aromatic carbocycles. The topological polar surface area (TPSA) is 48.1 Å². The smallest absolute Gasteiger partial charge is 0.317 e. The van der Waals surface area contributed by atoms with Gasteiger partial charge in [0.1, 0.15) is 0 Å². The number of nitrogens with zero attached hydrogens (tertiary/aromatic N) is 3. The number of likely N-dealkylation sites (tertiary alicyclic amines) is 1. The van der Waals surface area contributed by atoms with Gasteiger partial charge in [-0.3, -0.25) is 4.90 Å². The van der Waals surface area contributed by atoms with E-state index < -0.39 is 0 Å². The number of piperidine rings is 1. The van der Waals surface area contributed by atoms with Crippen LogP contribution in [0.4, 0.5) is 10.5 Å². The van der Waals surface area contributed by atoms with Crippen molar-refractivity contribution < 1.29 is 9.53 Å². The first-order valence-electron chi connectivity index (χ1n) is 11.8. The fourth-order valence-electron chi connectivity index (χ4n) is 4.65. The third-order valence-corrected chi connectivity index (χ3v) is 6.47. The van der Waals surface area contributed by atoms with Crippen LogP contribution in [0.1, 0.15) is 24.0 Å². The summed E-state index contributed by atoms with van der Waals surface area (Å²) < 4.78 is 5.43. The number of urea groups is 1. The fourth-order valence-corrected chi connectivity index (χ4v) is 4.65. The zero-order chi connectivity index (χ0) is 22.2. The van der Waals surface area contributed by atoms with Gasteiger partial charge in [-0.05, 0) is 48.6 Å². The van der Waals surface area contributed by atoms with Crippen molar-refractivity contribution in [2.45, 2.75) is 25.9 Å².